The SMILES string of the molecule is CCCCC[C@@H](C(=O)NCNC(=O)c1cccc(-c2ccc(C(=O)N[C@@H](CC(=O)O)C(=O)O)c(OCC(=O)O)c2)c1)[C@@H](CC)N(O)C=O. The molecule has 7 N–H and O–H groups in total. The van der Waals surface area contributed by atoms with Gasteiger partial charge in [0.05, 0.1) is 30.6 Å². The van der Waals surface area contributed by atoms with Crippen LogP contribution < -0.4 is 20.7 Å². The standard InChI is InChI=1S/C32H40N4O12/c1-3-5-6-10-22(25(4-2)36(47)18-37)30(43)34-17-33-29(42)21-9-7-8-19(13-21)20-11-12-23(26(14-20)48-16-28(40)41)31(44)35-24(32(45)46)15-27(38)39/h7-9,11-14,18,22,24-25,47H,3-6,10,15-17H2,1-2H3,(H,33,42)(H,34,43)(H,35,44)(H,38,39)(H,40,41)(H,45,46)/t22-,24+,25-/m1/s1. The topological polar surface area (TPSA) is 249 Å². The van der Waals surface area contributed by atoms with Crippen LogP contribution in [0.15, 0.2) is 42.5 Å². The van der Waals surface area contributed by atoms with Crippen LogP contribution in [0.1, 0.15) is 73.1 Å². The lowest BCUT2D eigenvalue weighted by molar-refractivity contribution is -0.168. The first-order chi connectivity index (χ1) is 22.8. The number of amides is 4. The lowest BCUT2D eigenvalue weighted by atomic mass is 9.90. The Morgan fingerprint density at radius 3 is 2.21 bits per heavy atom. The van der Waals surface area contributed by atoms with Crippen LogP contribution in [0.4, 0.5) is 0 Å². The summed E-state index contributed by atoms with van der Waals surface area (Å²) in [6, 6.07) is 7.69. The van der Waals surface area contributed by atoms with Crippen LogP contribution in [0.3, 0.4) is 0 Å². The van der Waals surface area contributed by atoms with Crippen LogP contribution in [-0.4, -0.2) is 93.0 Å². The van der Waals surface area contributed by atoms with E-state index in [0.29, 0.717) is 35.5 Å². The molecule has 0 radical (unpaired) electrons. The van der Waals surface area contributed by atoms with E-state index in [-0.39, 0.29) is 30.0 Å². The molecule has 0 saturated heterocycles. The van der Waals surface area contributed by atoms with Crippen molar-refractivity contribution in [2.24, 2.45) is 5.92 Å². The third-order valence-corrected chi connectivity index (χ3v) is 7.32. The fraction of sp³-hybridized carbons (Fsp3) is 0.406. The monoisotopic (exact) mass is 672 g/mol. The van der Waals surface area contributed by atoms with Crippen molar-refractivity contribution in [1.29, 1.82) is 0 Å². The minimum atomic E-state index is -1.76. The third-order valence-electron chi connectivity index (χ3n) is 7.32. The smallest absolute Gasteiger partial charge is 0.341 e. The van der Waals surface area contributed by atoms with Crippen LogP contribution >= 0.6 is 0 Å². The van der Waals surface area contributed by atoms with E-state index >= 15 is 0 Å². The van der Waals surface area contributed by atoms with Gasteiger partial charge in [0.2, 0.25) is 12.3 Å². The van der Waals surface area contributed by atoms with Gasteiger partial charge in [0, 0.05) is 5.56 Å². The van der Waals surface area contributed by atoms with E-state index in [9.17, 15) is 43.9 Å². The zero-order chi connectivity index (χ0) is 35.8. The van der Waals surface area contributed by atoms with Gasteiger partial charge in [-0.1, -0.05) is 51.3 Å². The number of hydroxylamine groups is 2. The summed E-state index contributed by atoms with van der Waals surface area (Å²) in [4.78, 5) is 83.6. The van der Waals surface area contributed by atoms with Crippen molar-refractivity contribution in [2.45, 2.75) is 64.5 Å². The molecule has 16 heteroatoms. The lowest BCUT2D eigenvalue weighted by Gasteiger charge is -2.29. The summed E-state index contributed by atoms with van der Waals surface area (Å²) in [5.41, 5.74) is 0.770. The number of carboxylic acids is 3. The Morgan fingerprint density at radius 2 is 1.60 bits per heavy atom. The number of aliphatic carboxylic acids is 3. The van der Waals surface area contributed by atoms with E-state index in [4.69, 9.17) is 14.9 Å². The normalized spacial score (nSPS) is 12.5. The summed E-state index contributed by atoms with van der Waals surface area (Å²) < 4.78 is 5.27. The summed E-state index contributed by atoms with van der Waals surface area (Å²) >= 11 is 0. The summed E-state index contributed by atoms with van der Waals surface area (Å²) in [6.07, 6.45) is 2.60. The number of nitrogens with one attached hydrogen (secondary N) is 3. The van der Waals surface area contributed by atoms with Crippen molar-refractivity contribution in [1.82, 2.24) is 21.0 Å². The van der Waals surface area contributed by atoms with E-state index in [1.165, 1.54) is 30.3 Å². The molecule has 0 spiro atoms. The van der Waals surface area contributed by atoms with Crippen LogP contribution in [-0.2, 0) is 24.0 Å². The number of unbranched alkanes of at least 4 members (excludes halogenated alkanes) is 2. The van der Waals surface area contributed by atoms with E-state index in [0.717, 1.165) is 12.8 Å². The predicted molar refractivity (Wildman–Crippen MR) is 168 cm³/mol. The molecule has 2 aromatic rings. The van der Waals surface area contributed by atoms with Crippen molar-refractivity contribution in [3.8, 4) is 16.9 Å². The molecule has 2 aromatic carbocycles. The number of carboxylic acid groups (broad SMARTS) is 3. The molecule has 0 aliphatic rings. The van der Waals surface area contributed by atoms with Crippen molar-refractivity contribution < 1.29 is 58.8 Å². The maximum Gasteiger partial charge on any atom is 0.341 e. The predicted octanol–water partition coefficient (Wildman–Crippen LogP) is 2.10. The summed E-state index contributed by atoms with van der Waals surface area (Å²) in [6.45, 7) is 2.66. The van der Waals surface area contributed by atoms with Gasteiger partial charge in [0.1, 0.15) is 11.8 Å². The molecule has 4 amide bonds. The molecule has 2 rings (SSSR count). The molecule has 0 bridgehead atoms. The lowest BCUT2D eigenvalue weighted by Crippen LogP contribution is -2.47. The number of carbonyl (C=O) groups excluding carboxylic acids is 4. The van der Waals surface area contributed by atoms with E-state index < -0.39 is 66.7 Å². The number of benzene rings is 2. The highest BCUT2D eigenvalue weighted by Crippen LogP contribution is 2.29. The van der Waals surface area contributed by atoms with E-state index in [1.807, 2.05) is 6.92 Å². The zero-order valence-electron chi connectivity index (χ0n) is 26.5. The average Bonchev–Trinajstić information content (AvgIpc) is 3.05. The van der Waals surface area contributed by atoms with Crippen LogP contribution in [0, 0.1) is 5.92 Å². The highest BCUT2D eigenvalue weighted by molar-refractivity contribution is 6.00. The van der Waals surface area contributed by atoms with Crippen LogP contribution in [0.5, 0.6) is 5.75 Å². The van der Waals surface area contributed by atoms with Gasteiger partial charge in [-0.25, -0.2) is 14.7 Å². The van der Waals surface area contributed by atoms with Crippen molar-refractivity contribution in [3.63, 3.8) is 0 Å². The van der Waals surface area contributed by atoms with Crippen molar-refractivity contribution >= 4 is 42.0 Å². The zero-order valence-corrected chi connectivity index (χ0v) is 26.5. The van der Waals surface area contributed by atoms with Crippen LogP contribution in [0.2, 0.25) is 0 Å². The van der Waals surface area contributed by atoms with Gasteiger partial charge < -0.3 is 36.0 Å². The van der Waals surface area contributed by atoms with Crippen LogP contribution in [0.25, 0.3) is 11.1 Å². The Hall–Kier alpha value is -5.51. The molecule has 48 heavy (non-hydrogen) atoms. The van der Waals surface area contributed by atoms with Gasteiger partial charge in [-0.05, 0) is 48.2 Å². The third kappa shape index (κ3) is 11.7. The molecule has 3 atom stereocenters. The molecule has 16 nitrogen and oxygen atoms in total. The highest BCUT2D eigenvalue weighted by atomic mass is 16.5. The van der Waals surface area contributed by atoms with Gasteiger partial charge in [-0.2, -0.15) is 0 Å². The molecule has 0 aliphatic carbocycles. The Kier molecular flexibility index (Phi) is 15.5. The highest BCUT2D eigenvalue weighted by Gasteiger charge is 2.31. The Bertz CT molecular complexity index is 1480. The number of hydrogen-bond acceptors (Lipinski definition) is 9. The summed E-state index contributed by atoms with van der Waals surface area (Å²) in [5.74, 6) is -7.36. The fourth-order valence-corrected chi connectivity index (χ4v) is 4.89. The average molecular weight is 673 g/mol. The molecular formula is C32H40N4O12. The number of ether oxygens (including phenoxy) is 1. The molecule has 0 unspecified atom stereocenters. The minimum Gasteiger partial charge on any atom is -0.481 e. The summed E-state index contributed by atoms with van der Waals surface area (Å²) in [7, 11) is 0. The van der Waals surface area contributed by atoms with Gasteiger partial charge in [0.15, 0.2) is 6.61 Å². The largest absolute Gasteiger partial charge is 0.481 e. The quantitative estimate of drug-likeness (QED) is 0.0331. The van der Waals surface area contributed by atoms with Crippen molar-refractivity contribution in [3.05, 3.63) is 53.6 Å². The molecule has 0 saturated carbocycles. The molecule has 260 valence electrons. The number of hydrogen-bond donors (Lipinski definition) is 7. The second kappa shape index (κ2) is 19.2. The number of nitrogens with zero attached hydrogens (tertiary/aromatic N) is 1. The summed E-state index contributed by atoms with van der Waals surface area (Å²) in [5, 5.41) is 45.1. The minimum absolute atomic E-state index is 0.183. The van der Waals surface area contributed by atoms with Gasteiger partial charge in [-0.3, -0.25) is 29.2 Å². The molecule has 0 aromatic heterocycles. The van der Waals surface area contributed by atoms with E-state index in [2.05, 4.69) is 16.0 Å². The molecule has 0 aliphatic heterocycles. The molecule has 0 heterocycles. The molecular weight excluding hydrogens is 632 g/mol. The van der Waals surface area contributed by atoms with Gasteiger partial charge in [-0.15, -0.1) is 0 Å². The number of rotatable bonds is 21. The first-order valence-corrected chi connectivity index (χ1v) is 15.2. The second-order valence-corrected chi connectivity index (χ2v) is 10.7. The maximum absolute atomic E-state index is 13.0. The molecule has 0 fully saturated rings. The van der Waals surface area contributed by atoms with Gasteiger partial charge >= 0.3 is 17.9 Å². The second-order valence-electron chi connectivity index (χ2n) is 10.7. The Morgan fingerprint density at radius 1 is 0.896 bits per heavy atom. The maximum atomic E-state index is 13.0. The Balaban J connectivity index is 2.23. The first kappa shape index (κ1) is 38.7. The van der Waals surface area contributed by atoms with E-state index in [1.54, 1.807) is 19.1 Å². The van der Waals surface area contributed by atoms with Crippen molar-refractivity contribution in [2.75, 3.05) is 13.3 Å². The number of carbonyl (C=O) groups is 7. The van der Waals surface area contributed by atoms with Gasteiger partial charge in [0.25, 0.3) is 11.8 Å². The first-order valence-electron chi connectivity index (χ1n) is 15.2. The fourth-order valence-electron chi connectivity index (χ4n) is 4.89. The Labute approximate surface area is 276 Å².